The predicted octanol–water partition coefficient (Wildman–Crippen LogP) is 3.71. The zero-order chi connectivity index (χ0) is 14.7. The van der Waals surface area contributed by atoms with Gasteiger partial charge in [0.2, 0.25) is 0 Å². The van der Waals surface area contributed by atoms with Crippen LogP contribution in [0.1, 0.15) is 12.8 Å². The number of hydrogen-bond acceptors (Lipinski definition) is 3. The van der Waals surface area contributed by atoms with Gasteiger partial charge in [0.05, 0.1) is 4.90 Å². The van der Waals surface area contributed by atoms with E-state index in [2.05, 4.69) is 4.74 Å². The second kappa shape index (κ2) is 5.98. The predicted molar refractivity (Wildman–Crippen MR) is 63.5 cm³/mol. The fraction of sp³-hybridized carbons (Fsp3) is 0.400. The Kier molecular flexibility index (Phi) is 5.05. The maximum atomic E-state index is 11.8. The van der Waals surface area contributed by atoms with Gasteiger partial charge in [-0.05, 0) is 12.1 Å². The van der Waals surface area contributed by atoms with Crippen LogP contribution in [0.5, 0.6) is 5.75 Å². The molecule has 0 aromatic heterocycles. The minimum absolute atomic E-state index is 0.333. The minimum atomic E-state index is -4.87. The molecule has 0 unspecified atom stereocenters. The highest BCUT2D eigenvalue weighted by molar-refractivity contribution is 8.13. The number of alkyl halides is 3. The molecule has 9 heteroatoms. The summed E-state index contributed by atoms with van der Waals surface area (Å²) in [7, 11) is 0.881. The SMILES string of the molecule is O=S(=O)(Cl)c1cccc(OC(F)(F)F)c1.[NH-]C1CC1. The Morgan fingerprint density at radius 3 is 2.21 bits per heavy atom. The molecule has 1 aromatic rings. The number of halogens is 4. The van der Waals surface area contributed by atoms with Crippen molar-refractivity contribution in [2.24, 2.45) is 0 Å². The molecular weight excluding hydrogens is 307 g/mol. The summed E-state index contributed by atoms with van der Waals surface area (Å²) in [6.07, 6.45) is -2.56. The van der Waals surface area contributed by atoms with E-state index in [1.165, 1.54) is 0 Å². The lowest BCUT2D eigenvalue weighted by Crippen LogP contribution is -2.17. The quantitative estimate of drug-likeness (QED) is 0.781. The van der Waals surface area contributed by atoms with E-state index in [1.54, 1.807) is 0 Å². The largest absolute Gasteiger partial charge is 0.675 e. The highest BCUT2D eigenvalue weighted by Crippen LogP contribution is 2.26. The number of rotatable bonds is 2. The molecule has 2 rings (SSSR count). The molecule has 4 nitrogen and oxygen atoms in total. The Balaban J connectivity index is 0.000000382. The molecule has 1 aliphatic rings. The van der Waals surface area contributed by atoms with Crippen LogP contribution >= 0.6 is 10.7 Å². The van der Waals surface area contributed by atoms with Crippen molar-refractivity contribution in [3.63, 3.8) is 0 Å². The van der Waals surface area contributed by atoms with Crippen LogP contribution in [0.2, 0.25) is 0 Å². The monoisotopic (exact) mass is 316 g/mol. The molecule has 1 aromatic carbocycles. The van der Waals surface area contributed by atoms with Crippen LogP contribution < -0.4 is 4.74 Å². The first-order chi connectivity index (χ1) is 8.58. The van der Waals surface area contributed by atoms with Gasteiger partial charge < -0.3 is 10.5 Å². The lowest BCUT2D eigenvalue weighted by atomic mass is 10.3. The van der Waals surface area contributed by atoms with Crippen LogP contribution in [-0.2, 0) is 9.05 Å². The summed E-state index contributed by atoms with van der Waals surface area (Å²) in [5.41, 5.74) is 6.69. The fourth-order valence-electron chi connectivity index (χ4n) is 0.906. The molecular formula is C10H10ClF3NO3S-. The highest BCUT2D eigenvalue weighted by atomic mass is 35.7. The van der Waals surface area contributed by atoms with E-state index in [0.717, 1.165) is 31.0 Å². The van der Waals surface area contributed by atoms with Crippen molar-refractivity contribution in [3.8, 4) is 5.75 Å². The average Bonchev–Trinajstić information content (AvgIpc) is 2.98. The Bertz CT molecular complexity index is 529. The molecule has 0 radical (unpaired) electrons. The van der Waals surface area contributed by atoms with Crippen molar-refractivity contribution < 1.29 is 26.3 Å². The van der Waals surface area contributed by atoms with E-state index >= 15 is 0 Å². The number of benzene rings is 1. The van der Waals surface area contributed by atoms with Gasteiger partial charge in [-0.1, -0.05) is 18.9 Å². The van der Waals surface area contributed by atoms with Gasteiger partial charge in [-0.2, -0.15) is 0 Å². The summed E-state index contributed by atoms with van der Waals surface area (Å²) in [5, 5.41) is 0. The maximum absolute atomic E-state index is 11.8. The Morgan fingerprint density at radius 2 is 1.84 bits per heavy atom. The molecule has 19 heavy (non-hydrogen) atoms. The van der Waals surface area contributed by atoms with Gasteiger partial charge in [0.1, 0.15) is 5.75 Å². The average molecular weight is 317 g/mol. The van der Waals surface area contributed by atoms with Gasteiger partial charge >= 0.3 is 6.36 Å². The fourth-order valence-corrected chi connectivity index (χ4v) is 1.69. The maximum Gasteiger partial charge on any atom is 0.573 e. The van der Waals surface area contributed by atoms with Crippen molar-refractivity contribution in [1.82, 2.24) is 0 Å². The van der Waals surface area contributed by atoms with E-state index < -0.39 is 26.1 Å². The first-order valence-electron chi connectivity index (χ1n) is 5.09. The van der Waals surface area contributed by atoms with Crippen molar-refractivity contribution in [3.05, 3.63) is 30.0 Å². The lowest BCUT2D eigenvalue weighted by Gasteiger charge is -2.08. The van der Waals surface area contributed by atoms with Gasteiger partial charge in [-0.15, -0.1) is 19.2 Å². The Hall–Kier alpha value is -0.990. The first kappa shape index (κ1) is 16.1. The molecule has 0 amide bonds. The lowest BCUT2D eigenvalue weighted by molar-refractivity contribution is -0.274. The third-order valence-corrected chi connectivity index (χ3v) is 3.25. The molecule has 0 atom stereocenters. The normalized spacial score (nSPS) is 15.4. The van der Waals surface area contributed by atoms with E-state index in [-0.39, 0.29) is 0 Å². The molecule has 1 N–H and O–H groups in total. The number of hydrogen-bond donors (Lipinski definition) is 0. The van der Waals surface area contributed by atoms with Crippen molar-refractivity contribution in [1.29, 1.82) is 0 Å². The number of ether oxygens (including phenoxy) is 1. The number of nitrogens with one attached hydrogen (secondary N) is 1. The van der Waals surface area contributed by atoms with E-state index in [4.69, 9.17) is 16.4 Å². The Labute approximate surface area is 112 Å². The third kappa shape index (κ3) is 7.24. The molecule has 108 valence electrons. The smallest absolute Gasteiger partial charge is 0.573 e. The van der Waals surface area contributed by atoms with Gasteiger partial charge in [-0.3, -0.25) is 0 Å². The summed E-state index contributed by atoms with van der Waals surface area (Å²) in [4.78, 5) is -0.453. The highest BCUT2D eigenvalue weighted by Gasteiger charge is 2.31. The first-order valence-corrected chi connectivity index (χ1v) is 7.40. The topological polar surface area (TPSA) is 67.2 Å². The third-order valence-electron chi connectivity index (χ3n) is 1.90. The second-order valence-corrected chi connectivity index (χ2v) is 6.30. The minimum Gasteiger partial charge on any atom is -0.675 e. The van der Waals surface area contributed by atoms with Crippen molar-refractivity contribution in [2.75, 3.05) is 0 Å². The van der Waals surface area contributed by atoms with Crippen molar-refractivity contribution in [2.45, 2.75) is 30.1 Å². The molecule has 1 fully saturated rings. The summed E-state index contributed by atoms with van der Waals surface area (Å²) < 4.78 is 60.4. The van der Waals surface area contributed by atoms with Crippen molar-refractivity contribution >= 4 is 19.7 Å². The zero-order valence-electron chi connectivity index (χ0n) is 9.45. The summed E-state index contributed by atoms with van der Waals surface area (Å²) in [6, 6.07) is 4.15. The standard InChI is InChI=1S/C7H4ClF3O3S.C3H6N/c8-15(12,13)6-3-1-2-5(4-6)14-7(9,10)11;4-3-1-2-3/h1-4H;3-4H,1-2H2/q;-1. The van der Waals surface area contributed by atoms with Crippen LogP contribution in [0.25, 0.3) is 5.73 Å². The van der Waals surface area contributed by atoms with Gasteiger partial charge in [0, 0.05) is 16.7 Å². The van der Waals surface area contributed by atoms with E-state index in [1.807, 2.05) is 0 Å². The van der Waals surface area contributed by atoms with Crippen LogP contribution in [0.3, 0.4) is 0 Å². The summed E-state index contributed by atoms with van der Waals surface area (Å²) in [5.74, 6) is -0.635. The van der Waals surface area contributed by atoms with Crippen LogP contribution in [0.15, 0.2) is 29.2 Å². The molecule has 0 saturated heterocycles. The second-order valence-electron chi connectivity index (χ2n) is 3.73. The summed E-state index contributed by atoms with van der Waals surface area (Å²) in [6.45, 7) is 0. The van der Waals surface area contributed by atoms with Crippen LogP contribution in [0, 0.1) is 0 Å². The van der Waals surface area contributed by atoms with Gasteiger partial charge in [0.15, 0.2) is 0 Å². The molecule has 1 saturated carbocycles. The summed E-state index contributed by atoms with van der Waals surface area (Å²) >= 11 is 0. The molecule has 0 spiro atoms. The van der Waals surface area contributed by atoms with Crippen LogP contribution in [-0.4, -0.2) is 20.8 Å². The Morgan fingerprint density at radius 1 is 1.32 bits per heavy atom. The van der Waals surface area contributed by atoms with E-state index in [0.29, 0.717) is 12.1 Å². The molecule has 0 aliphatic heterocycles. The molecule has 0 heterocycles. The van der Waals surface area contributed by atoms with Gasteiger partial charge in [0.25, 0.3) is 9.05 Å². The van der Waals surface area contributed by atoms with Crippen LogP contribution in [0.4, 0.5) is 13.2 Å². The zero-order valence-corrected chi connectivity index (χ0v) is 11.0. The van der Waals surface area contributed by atoms with Gasteiger partial charge in [-0.25, -0.2) is 8.42 Å². The van der Waals surface area contributed by atoms with E-state index in [9.17, 15) is 21.6 Å². The molecule has 1 aliphatic carbocycles. The molecule has 0 bridgehead atoms.